The molecular formula is C7H16BrNO4S2. The molecule has 0 aromatic rings. The SMILES string of the molecule is CC(CCBr)CNS(=O)(=O)CS(C)(=O)=O. The summed E-state index contributed by atoms with van der Waals surface area (Å²) in [6, 6.07) is 0. The summed E-state index contributed by atoms with van der Waals surface area (Å²) in [4.78, 5) is 0. The first-order chi connectivity index (χ1) is 6.66. The van der Waals surface area contributed by atoms with E-state index in [1.807, 2.05) is 6.92 Å². The third-order valence-electron chi connectivity index (χ3n) is 1.62. The normalized spacial score (nSPS) is 15.1. The molecule has 0 amide bonds. The minimum absolute atomic E-state index is 0.179. The summed E-state index contributed by atoms with van der Waals surface area (Å²) in [5.41, 5.74) is 0. The quantitative estimate of drug-likeness (QED) is 0.685. The van der Waals surface area contributed by atoms with Crippen LogP contribution in [0.2, 0.25) is 0 Å². The molecule has 0 saturated heterocycles. The molecule has 0 aliphatic heterocycles. The van der Waals surface area contributed by atoms with E-state index >= 15 is 0 Å². The zero-order valence-corrected chi connectivity index (χ0v) is 12.0. The van der Waals surface area contributed by atoms with Gasteiger partial charge in [-0.3, -0.25) is 0 Å². The molecule has 8 heteroatoms. The molecule has 0 aromatic heterocycles. The lowest BCUT2D eigenvalue weighted by Gasteiger charge is -2.10. The maximum Gasteiger partial charge on any atom is 0.226 e. The molecule has 0 radical (unpaired) electrons. The number of sulfonamides is 1. The molecule has 0 heterocycles. The van der Waals surface area contributed by atoms with Crippen LogP contribution < -0.4 is 4.72 Å². The maximum absolute atomic E-state index is 11.3. The van der Waals surface area contributed by atoms with Crippen LogP contribution in [0, 0.1) is 5.92 Å². The molecule has 5 nitrogen and oxygen atoms in total. The van der Waals surface area contributed by atoms with Crippen LogP contribution in [-0.4, -0.2) is 40.1 Å². The number of hydrogen-bond donors (Lipinski definition) is 1. The highest BCUT2D eigenvalue weighted by molar-refractivity contribution is 9.09. The number of halogens is 1. The molecule has 1 atom stereocenters. The summed E-state index contributed by atoms with van der Waals surface area (Å²) < 4.78 is 46.4. The predicted molar refractivity (Wildman–Crippen MR) is 64.2 cm³/mol. The molecule has 0 aliphatic rings. The topological polar surface area (TPSA) is 80.3 Å². The van der Waals surface area contributed by atoms with Crippen LogP contribution in [0.15, 0.2) is 0 Å². The standard InChI is InChI=1S/C7H16BrNO4S2/c1-7(3-4-8)5-9-15(12,13)6-14(2,10)11/h7,9H,3-6H2,1-2H3. The van der Waals surface area contributed by atoms with Crippen LogP contribution >= 0.6 is 15.9 Å². The predicted octanol–water partition coefficient (Wildman–Crippen LogP) is 0.329. The first-order valence-electron chi connectivity index (χ1n) is 4.37. The smallest absolute Gasteiger partial charge is 0.226 e. The number of rotatable bonds is 7. The van der Waals surface area contributed by atoms with Crippen molar-refractivity contribution in [2.24, 2.45) is 5.92 Å². The van der Waals surface area contributed by atoms with E-state index in [1.165, 1.54) is 0 Å². The van der Waals surface area contributed by atoms with Gasteiger partial charge in [-0.05, 0) is 12.3 Å². The van der Waals surface area contributed by atoms with E-state index in [-0.39, 0.29) is 12.5 Å². The first-order valence-corrected chi connectivity index (χ1v) is 9.21. The van der Waals surface area contributed by atoms with E-state index in [9.17, 15) is 16.8 Å². The van der Waals surface area contributed by atoms with Crippen LogP contribution in [0.1, 0.15) is 13.3 Å². The Morgan fingerprint density at radius 2 is 1.80 bits per heavy atom. The molecule has 0 aliphatic carbocycles. The summed E-state index contributed by atoms with van der Waals surface area (Å²) in [6.07, 6.45) is 1.73. The molecule has 0 aromatic carbocycles. The number of nitrogens with one attached hydrogen (secondary N) is 1. The molecule has 0 spiro atoms. The maximum atomic E-state index is 11.3. The summed E-state index contributed by atoms with van der Waals surface area (Å²) in [5, 5.41) is -0.0526. The largest absolute Gasteiger partial charge is 0.228 e. The lowest BCUT2D eigenvalue weighted by atomic mass is 10.1. The lowest BCUT2D eigenvalue weighted by Crippen LogP contribution is -2.33. The Kier molecular flexibility index (Phi) is 6.31. The van der Waals surface area contributed by atoms with Crippen molar-refractivity contribution in [2.45, 2.75) is 13.3 Å². The number of hydrogen-bond acceptors (Lipinski definition) is 4. The summed E-state index contributed by atoms with van der Waals surface area (Å²) in [7, 11) is -7.21. The van der Waals surface area contributed by atoms with Gasteiger partial charge in [0.2, 0.25) is 10.0 Å². The van der Waals surface area contributed by atoms with Gasteiger partial charge in [0.25, 0.3) is 0 Å². The molecule has 1 N–H and O–H groups in total. The lowest BCUT2D eigenvalue weighted by molar-refractivity contribution is 0.533. The second kappa shape index (κ2) is 6.17. The van der Waals surface area contributed by atoms with Gasteiger partial charge in [-0.2, -0.15) is 0 Å². The molecule has 92 valence electrons. The summed E-state index contributed by atoms with van der Waals surface area (Å²) in [6.45, 7) is 2.16. The average Bonchev–Trinajstić information content (AvgIpc) is 1.97. The van der Waals surface area contributed by atoms with Crippen molar-refractivity contribution in [3.8, 4) is 0 Å². The minimum atomic E-state index is -3.71. The van der Waals surface area contributed by atoms with Gasteiger partial charge in [0.1, 0.15) is 0 Å². The van der Waals surface area contributed by atoms with Crippen molar-refractivity contribution in [3.05, 3.63) is 0 Å². The third kappa shape index (κ3) is 9.28. The van der Waals surface area contributed by atoms with Gasteiger partial charge in [0.05, 0.1) is 0 Å². The van der Waals surface area contributed by atoms with Crippen LogP contribution in [0.4, 0.5) is 0 Å². The summed E-state index contributed by atoms with van der Waals surface area (Å²) >= 11 is 3.25. The minimum Gasteiger partial charge on any atom is -0.228 e. The number of sulfone groups is 1. The fraction of sp³-hybridized carbons (Fsp3) is 1.00. The highest BCUT2D eigenvalue weighted by Crippen LogP contribution is 2.03. The van der Waals surface area contributed by atoms with E-state index in [0.717, 1.165) is 18.0 Å². The van der Waals surface area contributed by atoms with Crippen LogP contribution in [0.5, 0.6) is 0 Å². The van der Waals surface area contributed by atoms with Crippen molar-refractivity contribution >= 4 is 35.8 Å². The van der Waals surface area contributed by atoms with Gasteiger partial charge in [-0.1, -0.05) is 22.9 Å². The van der Waals surface area contributed by atoms with E-state index in [4.69, 9.17) is 0 Å². The first kappa shape index (κ1) is 15.3. The van der Waals surface area contributed by atoms with E-state index in [1.54, 1.807) is 0 Å². The highest BCUT2D eigenvalue weighted by atomic mass is 79.9. The second-order valence-corrected chi connectivity index (χ2v) is 8.70. The molecule has 15 heavy (non-hydrogen) atoms. The van der Waals surface area contributed by atoms with Crippen molar-refractivity contribution in [1.29, 1.82) is 0 Å². The van der Waals surface area contributed by atoms with Gasteiger partial charge < -0.3 is 0 Å². The fourth-order valence-corrected chi connectivity index (χ4v) is 4.79. The van der Waals surface area contributed by atoms with Crippen molar-refractivity contribution in [3.63, 3.8) is 0 Å². The Balaban J connectivity index is 4.18. The molecule has 0 bridgehead atoms. The van der Waals surface area contributed by atoms with E-state index < -0.39 is 24.9 Å². The monoisotopic (exact) mass is 321 g/mol. The van der Waals surface area contributed by atoms with Gasteiger partial charge in [0.15, 0.2) is 14.9 Å². The molecule has 0 fully saturated rings. The third-order valence-corrected chi connectivity index (χ3v) is 5.64. The zero-order valence-electron chi connectivity index (χ0n) is 8.73. The van der Waals surface area contributed by atoms with E-state index in [0.29, 0.717) is 0 Å². The van der Waals surface area contributed by atoms with Crippen LogP contribution in [0.25, 0.3) is 0 Å². The van der Waals surface area contributed by atoms with Crippen molar-refractivity contribution in [2.75, 3.05) is 23.2 Å². The average molecular weight is 322 g/mol. The van der Waals surface area contributed by atoms with Crippen LogP contribution in [-0.2, 0) is 19.9 Å². The Morgan fingerprint density at radius 3 is 2.20 bits per heavy atom. The van der Waals surface area contributed by atoms with Crippen molar-refractivity contribution in [1.82, 2.24) is 4.72 Å². The zero-order chi connectivity index (χ0) is 12.1. The Hall–Kier alpha value is 0.340. The second-order valence-electron chi connectivity index (χ2n) is 3.59. The molecular weight excluding hydrogens is 306 g/mol. The fourth-order valence-electron chi connectivity index (χ4n) is 0.881. The Bertz CT molecular complexity index is 376. The van der Waals surface area contributed by atoms with E-state index in [2.05, 4.69) is 20.7 Å². The highest BCUT2D eigenvalue weighted by Gasteiger charge is 2.18. The number of alkyl halides is 1. The molecule has 0 rings (SSSR count). The van der Waals surface area contributed by atoms with Gasteiger partial charge in [-0.25, -0.2) is 21.6 Å². The van der Waals surface area contributed by atoms with Gasteiger partial charge in [-0.15, -0.1) is 0 Å². The van der Waals surface area contributed by atoms with Crippen molar-refractivity contribution < 1.29 is 16.8 Å². The molecule has 1 unspecified atom stereocenters. The Morgan fingerprint density at radius 1 is 1.27 bits per heavy atom. The summed E-state index contributed by atoms with van der Waals surface area (Å²) in [5.74, 6) is 0.179. The van der Waals surface area contributed by atoms with Crippen LogP contribution in [0.3, 0.4) is 0 Å². The van der Waals surface area contributed by atoms with Gasteiger partial charge in [0, 0.05) is 18.1 Å². The Labute approximate surface area is 99.7 Å². The molecule has 0 saturated carbocycles. The van der Waals surface area contributed by atoms with Gasteiger partial charge >= 0.3 is 0 Å².